The third-order valence-corrected chi connectivity index (χ3v) is 4.39. The van der Waals surface area contributed by atoms with E-state index in [2.05, 4.69) is 29.4 Å². The molecule has 1 aliphatic heterocycles. The molecule has 1 N–H and O–H groups in total. The number of nitrogens with zero attached hydrogens (tertiary/aromatic N) is 3. The average Bonchev–Trinajstić information content (AvgIpc) is 2.99. The number of nitro benzene ring substituents is 1. The largest absolute Gasteiger partial charge is 0.310 e. The van der Waals surface area contributed by atoms with Gasteiger partial charge >= 0.3 is 0 Å². The molecule has 1 unspecified atom stereocenters. The fraction of sp³-hybridized carbons (Fsp3) is 0.235. The standard InChI is InChI=1S/C17H16N4O2.ClH/c1-11-7-12-5-6-16-17(15(12)9-18-11)19-10-20(16)13-3-2-4-14(8-13)21(22)23;/h2-6,8,10-11,18H,7,9H2,1H3;1H. The van der Waals surface area contributed by atoms with Crippen LogP contribution in [0, 0.1) is 10.1 Å². The number of benzene rings is 2. The van der Waals surface area contributed by atoms with Crippen molar-refractivity contribution in [3.8, 4) is 5.69 Å². The van der Waals surface area contributed by atoms with Crippen molar-refractivity contribution in [2.45, 2.75) is 25.9 Å². The van der Waals surface area contributed by atoms with Crippen LogP contribution in [0.3, 0.4) is 0 Å². The molecule has 0 fully saturated rings. The fourth-order valence-electron chi connectivity index (χ4n) is 3.21. The number of imidazole rings is 1. The van der Waals surface area contributed by atoms with Gasteiger partial charge in [-0.1, -0.05) is 12.1 Å². The van der Waals surface area contributed by atoms with Gasteiger partial charge in [0, 0.05) is 24.7 Å². The van der Waals surface area contributed by atoms with Crippen LogP contribution in [-0.4, -0.2) is 20.5 Å². The minimum Gasteiger partial charge on any atom is -0.310 e. The van der Waals surface area contributed by atoms with Crippen LogP contribution in [0.2, 0.25) is 0 Å². The van der Waals surface area contributed by atoms with Crippen LogP contribution in [0.4, 0.5) is 5.69 Å². The Morgan fingerprint density at radius 3 is 2.96 bits per heavy atom. The Balaban J connectivity index is 0.00000169. The molecule has 0 aliphatic carbocycles. The lowest BCUT2D eigenvalue weighted by Crippen LogP contribution is -2.32. The number of rotatable bonds is 2. The van der Waals surface area contributed by atoms with Gasteiger partial charge in [0.15, 0.2) is 0 Å². The summed E-state index contributed by atoms with van der Waals surface area (Å²) in [5.74, 6) is 0. The number of nitrogens with one attached hydrogen (secondary N) is 1. The maximum atomic E-state index is 11.0. The van der Waals surface area contributed by atoms with Crippen LogP contribution in [0.15, 0.2) is 42.7 Å². The van der Waals surface area contributed by atoms with Crippen molar-refractivity contribution in [3.05, 3.63) is 64.0 Å². The number of halogens is 1. The molecule has 0 spiro atoms. The Kier molecular flexibility index (Phi) is 4.26. The zero-order valence-corrected chi connectivity index (χ0v) is 13.9. The number of nitro groups is 1. The van der Waals surface area contributed by atoms with Crippen molar-refractivity contribution in [1.29, 1.82) is 0 Å². The zero-order chi connectivity index (χ0) is 16.0. The van der Waals surface area contributed by atoms with Crippen LogP contribution in [-0.2, 0) is 13.0 Å². The third-order valence-electron chi connectivity index (χ3n) is 4.39. The molecule has 2 heterocycles. The highest BCUT2D eigenvalue weighted by atomic mass is 35.5. The van der Waals surface area contributed by atoms with Crippen molar-refractivity contribution in [2.75, 3.05) is 0 Å². The summed E-state index contributed by atoms with van der Waals surface area (Å²) in [5, 5.41) is 14.4. The van der Waals surface area contributed by atoms with Crippen LogP contribution < -0.4 is 5.32 Å². The van der Waals surface area contributed by atoms with E-state index in [4.69, 9.17) is 0 Å². The van der Waals surface area contributed by atoms with Crippen molar-refractivity contribution in [2.24, 2.45) is 0 Å². The first-order chi connectivity index (χ1) is 11.1. The highest BCUT2D eigenvalue weighted by molar-refractivity contribution is 5.85. The number of aromatic nitrogens is 2. The van der Waals surface area contributed by atoms with E-state index >= 15 is 0 Å². The van der Waals surface area contributed by atoms with E-state index in [0.717, 1.165) is 29.7 Å². The summed E-state index contributed by atoms with van der Waals surface area (Å²) >= 11 is 0. The van der Waals surface area contributed by atoms with Crippen LogP contribution in [0.1, 0.15) is 18.1 Å². The van der Waals surface area contributed by atoms with Gasteiger partial charge in [0.25, 0.3) is 5.69 Å². The average molecular weight is 345 g/mol. The number of hydrogen-bond donors (Lipinski definition) is 1. The Labute approximate surface area is 145 Å². The smallest absolute Gasteiger partial charge is 0.271 e. The van der Waals surface area contributed by atoms with E-state index in [9.17, 15) is 10.1 Å². The Morgan fingerprint density at radius 1 is 1.33 bits per heavy atom. The minimum absolute atomic E-state index is 0. The van der Waals surface area contributed by atoms with Gasteiger partial charge in [0.05, 0.1) is 21.6 Å². The fourth-order valence-corrected chi connectivity index (χ4v) is 3.21. The molecule has 6 nitrogen and oxygen atoms in total. The predicted molar refractivity (Wildman–Crippen MR) is 95.0 cm³/mol. The number of non-ortho nitro benzene ring substituents is 1. The predicted octanol–water partition coefficient (Wildman–Crippen LogP) is 3.39. The third kappa shape index (κ3) is 2.64. The molecule has 24 heavy (non-hydrogen) atoms. The summed E-state index contributed by atoms with van der Waals surface area (Å²) in [6.07, 6.45) is 2.73. The molecule has 3 aromatic rings. The second-order valence-electron chi connectivity index (χ2n) is 5.95. The van der Waals surface area contributed by atoms with Crippen LogP contribution in [0.5, 0.6) is 0 Å². The van der Waals surface area contributed by atoms with E-state index in [1.807, 2.05) is 10.6 Å². The van der Waals surface area contributed by atoms with Crippen molar-refractivity contribution >= 4 is 29.1 Å². The first-order valence-electron chi connectivity index (χ1n) is 7.59. The Bertz CT molecular complexity index is 922. The molecule has 124 valence electrons. The van der Waals surface area contributed by atoms with Gasteiger partial charge in [0.2, 0.25) is 0 Å². The maximum absolute atomic E-state index is 11.0. The molecule has 0 amide bonds. The van der Waals surface area contributed by atoms with Crippen molar-refractivity contribution in [3.63, 3.8) is 0 Å². The van der Waals surface area contributed by atoms with E-state index in [0.29, 0.717) is 6.04 Å². The normalized spacial score (nSPS) is 16.5. The second-order valence-corrected chi connectivity index (χ2v) is 5.95. The molecule has 0 saturated carbocycles. The molecular formula is C17H17ClN4O2. The highest BCUT2D eigenvalue weighted by Gasteiger charge is 2.19. The van der Waals surface area contributed by atoms with E-state index in [1.54, 1.807) is 18.5 Å². The van der Waals surface area contributed by atoms with Gasteiger partial charge in [-0.05, 0) is 36.6 Å². The summed E-state index contributed by atoms with van der Waals surface area (Å²) in [4.78, 5) is 15.2. The minimum atomic E-state index is -0.379. The molecular weight excluding hydrogens is 328 g/mol. The second kappa shape index (κ2) is 6.22. The van der Waals surface area contributed by atoms with Gasteiger partial charge in [-0.3, -0.25) is 14.7 Å². The first kappa shape index (κ1) is 16.4. The molecule has 1 atom stereocenters. The lowest BCUT2D eigenvalue weighted by Gasteiger charge is -2.23. The SMILES string of the molecule is CC1Cc2ccc3c(ncn3-c3cccc([N+](=O)[O-])c3)c2CN1.Cl. The van der Waals surface area contributed by atoms with Gasteiger partial charge in [-0.15, -0.1) is 12.4 Å². The molecule has 2 aromatic carbocycles. The van der Waals surface area contributed by atoms with E-state index < -0.39 is 0 Å². The monoisotopic (exact) mass is 344 g/mol. The van der Waals surface area contributed by atoms with Gasteiger partial charge in [-0.25, -0.2) is 4.98 Å². The lowest BCUT2D eigenvalue weighted by atomic mass is 9.95. The summed E-state index contributed by atoms with van der Waals surface area (Å²) < 4.78 is 1.90. The number of hydrogen-bond acceptors (Lipinski definition) is 4. The first-order valence-corrected chi connectivity index (χ1v) is 7.59. The summed E-state index contributed by atoms with van der Waals surface area (Å²) in [7, 11) is 0. The van der Waals surface area contributed by atoms with E-state index in [1.165, 1.54) is 17.2 Å². The quantitative estimate of drug-likeness (QED) is 0.571. The highest BCUT2D eigenvalue weighted by Crippen LogP contribution is 2.28. The van der Waals surface area contributed by atoms with Crippen molar-refractivity contribution < 1.29 is 4.92 Å². The molecule has 0 radical (unpaired) electrons. The molecule has 0 bridgehead atoms. The molecule has 1 aliphatic rings. The number of fused-ring (bicyclic) bond motifs is 3. The van der Waals surface area contributed by atoms with E-state index in [-0.39, 0.29) is 23.0 Å². The summed E-state index contributed by atoms with van der Waals surface area (Å²) in [6, 6.07) is 11.3. The molecule has 0 saturated heterocycles. The van der Waals surface area contributed by atoms with Crippen LogP contribution in [0.25, 0.3) is 16.7 Å². The van der Waals surface area contributed by atoms with Gasteiger partial charge in [-0.2, -0.15) is 0 Å². The summed E-state index contributed by atoms with van der Waals surface area (Å²) in [5.41, 5.74) is 5.32. The topological polar surface area (TPSA) is 73.0 Å². The van der Waals surface area contributed by atoms with Gasteiger partial charge < -0.3 is 5.32 Å². The Morgan fingerprint density at radius 2 is 2.17 bits per heavy atom. The van der Waals surface area contributed by atoms with Crippen LogP contribution >= 0.6 is 12.4 Å². The van der Waals surface area contributed by atoms with Gasteiger partial charge in [0.1, 0.15) is 6.33 Å². The zero-order valence-electron chi connectivity index (χ0n) is 13.1. The summed E-state index contributed by atoms with van der Waals surface area (Å²) in [6.45, 7) is 2.98. The molecule has 1 aromatic heterocycles. The molecule has 4 rings (SSSR count). The van der Waals surface area contributed by atoms with Crippen molar-refractivity contribution in [1.82, 2.24) is 14.9 Å². The lowest BCUT2D eigenvalue weighted by molar-refractivity contribution is -0.384. The maximum Gasteiger partial charge on any atom is 0.271 e. The molecule has 7 heteroatoms. The Hall–Kier alpha value is -2.44.